The Balaban J connectivity index is 0.862. The zero-order chi connectivity index (χ0) is 63.4. The summed E-state index contributed by atoms with van der Waals surface area (Å²) in [4.78, 5) is 15.2. The fourth-order valence-electron chi connectivity index (χ4n) is 27.2. The van der Waals surface area contributed by atoms with Crippen molar-refractivity contribution in [1.82, 2.24) is 10.6 Å². The van der Waals surface area contributed by atoms with E-state index in [4.69, 9.17) is 6.58 Å². The molecule has 19 unspecified atom stereocenters. The topological polar surface area (TPSA) is 102 Å². The van der Waals surface area contributed by atoms with Crippen molar-refractivity contribution in [2.45, 2.75) is 206 Å². The highest BCUT2D eigenvalue weighted by Gasteiger charge is 2.81. The second kappa shape index (κ2) is 22.6. The summed E-state index contributed by atoms with van der Waals surface area (Å²) in [6.07, 6.45) is 45.6. The van der Waals surface area contributed by atoms with Crippen molar-refractivity contribution in [3.63, 3.8) is 0 Å². The molecule has 18 aliphatic rings. The van der Waals surface area contributed by atoms with Gasteiger partial charge in [-0.3, -0.25) is 4.79 Å². The van der Waals surface area contributed by atoms with Gasteiger partial charge in [0.25, 0.3) is 0 Å². The first kappa shape index (κ1) is 61.2. The number of rotatable bonds is 6. The first-order valence-electron chi connectivity index (χ1n) is 38.0. The largest absolute Gasteiger partial charge is 0.481 e. The third kappa shape index (κ3) is 8.91. The highest BCUT2D eigenvalue weighted by Crippen LogP contribution is 2.86. The lowest BCUT2D eigenvalue weighted by atomic mass is 9.30. The van der Waals surface area contributed by atoms with E-state index in [-0.39, 0.29) is 39.4 Å². The maximum atomic E-state index is 15.2. The summed E-state index contributed by atoms with van der Waals surface area (Å²) < 4.78 is 0. The lowest BCUT2D eigenvalue weighted by Gasteiger charge is -2.73. The van der Waals surface area contributed by atoms with E-state index in [1.807, 2.05) is 0 Å². The molecule has 93 heavy (non-hydrogen) atoms. The van der Waals surface area contributed by atoms with E-state index in [0.717, 1.165) is 83.1 Å². The molecule has 6 heteroatoms. The Morgan fingerprint density at radius 2 is 1.58 bits per heavy atom. The predicted molar refractivity (Wildman–Crippen MR) is 376 cm³/mol. The van der Waals surface area contributed by atoms with Gasteiger partial charge in [-0.15, -0.1) is 0 Å². The Bertz CT molecular complexity index is 3840. The van der Waals surface area contributed by atoms with Gasteiger partial charge in [0.05, 0.1) is 23.9 Å². The van der Waals surface area contributed by atoms with Gasteiger partial charge in [-0.2, -0.15) is 0 Å². The maximum absolute atomic E-state index is 15.2. The van der Waals surface area contributed by atoms with Gasteiger partial charge in [-0.05, 0) is 255 Å². The van der Waals surface area contributed by atoms with E-state index in [2.05, 4.69) is 166 Å². The van der Waals surface area contributed by atoms with Crippen LogP contribution in [-0.2, 0) is 11.2 Å². The zero-order valence-electron chi connectivity index (χ0n) is 56.8. The van der Waals surface area contributed by atoms with Crippen molar-refractivity contribution in [3.8, 4) is 0 Å². The van der Waals surface area contributed by atoms with Crippen molar-refractivity contribution in [3.05, 3.63) is 183 Å². The van der Waals surface area contributed by atoms with Gasteiger partial charge in [-0.1, -0.05) is 198 Å². The number of benzene rings is 3. The Morgan fingerprint density at radius 3 is 2.39 bits per heavy atom. The van der Waals surface area contributed by atoms with E-state index in [1.165, 1.54) is 121 Å². The summed E-state index contributed by atoms with van der Waals surface area (Å²) in [5.74, 6) is 4.72. The van der Waals surface area contributed by atoms with Crippen molar-refractivity contribution in [2.75, 3.05) is 13.1 Å². The van der Waals surface area contributed by atoms with Crippen LogP contribution in [0.3, 0.4) is 0 Å². The molecule has 3 aromatic carbocycles. The van der Waals surface area contributed by atoms with Gasteiger partial charge < -0.3 is 26.0 Å². The van der Waals surface area contributed by atoms with Gasteiger partial charge in [0.15, 0.2) is 0 Å². The molecular formula is C87H108N2O4. The third-order valence-corrected chi connectivity index (χ3v) is 30.8. The lowest BCUT2D eigenvalue weighted by molar-refractivity contribution is -0.168. The van der Waals surface area contributed by atoms with E-state index in [1.54, 1.807) is 16.7 Å². The number of aliphatic carboxylic acids is 1. The molecule has 19 atom stereocenters. The average molecular weight is 1250 g/mol. The number of hydrogen-bond donors (Lipinski definition) is 5. The van der Waals surface area contributed by atoms with Gasteiger partial charge in [0.1, 0.15) is 0 Å². The number of dihydropyridines is 1. The lowest BCUT2D eigenvalue weighted by Crippen LogP contribution is -2.68. The molecule has 3 spiro atoms. The predicted octanol–water partition coefficient (Wildman–Crippen LogP) is 17.1. The molecule has 0 radical (unpaired) electrons. The summed E-state index contributed by atoms with van der Waals surface area (Å²) in [5, 5.41) is 49.8. The molecule has 6 heterocycles. The SMILES string of the molecule is C=C1CCC(C(=O)O)C23C=CC4C(CCC45CC4CC(CCC(C)C)C(c6ccccc6)CC4C5)C4(CC2O)C2=C(CCC43C)C34CCC(O)C5(C)CC=CC(C=C6C(=c7ccccc7=CC63)Cc3cccc(c3)C3=CC=C(NCCCC1C1CCCCC1)NC3)(C2)C54. The fraction of sp³-hybridized carbons (Fsp3) is 0.598. The first-order chi connectivity index (χ1) is 45.0. The minimum Gasteiger partial charge on any atom is -0.481 e. The Morgan fingerprint density at radius 1 is 0.763 bits per heavy atom. The molecule has 5 N–H and O–H groups in total. The molecule has 21 rings (SSSR count). The monoisotopic (exact) mass is 1240 g/mol. The number of aliphatic hydroxyl groups is 2. The number of carboxylic acids is 1. The van der Waals surface area contributed by atoms with Crippen LogP contribution in [0.5, 0.6) is 0 Å². The molecule has 12 aliphatic carbocycles. The second-order valence-corrected chi connectivity index (χ2v) is 34.9. The quantitative estimate of drug-likeness (QED) is 0.158. The van der Waals surface area contributed by atoms with Crippen molar-refractivity contribution in [1.29, 1.82) is 0 Å². The summed E-state index contributed by atoms with van der Waals surface area (Å²) in [7, 11) is 0. The van der Waals surface area contributed by atoms with Crippen LogP contribution < -0.4 is 21.1 Å². The second-order valence-electron chi connectivity index (χ2n) is 34.9. The number of allylic oxidation sites excluding steroid dienone is 10. The molecule has 6 fully saturated rings. The Hall–Kier alpha value is -5.43. The molecule has 0 aromatic heterocycles. The number of fused-ring (bicyclic) bond motifs is 4. The Kier molecular flexibility index (Phi) is 14.9. The van der Waals surface area contributed by atoms with Crippen LogP contribution in [0.1, 0.15) is 204 Å². The minimum atomic E-state index is -0.980. The molecule has 3 aromatic rings. The highest BCUT2D eigenvalue weighted by molar-refractivity contribution is 5.78. The smallest absolute Gasteiger partial charge is 0.307 e. The maximum Gasteiger partial charge on any atom is 0.307 e. The molecule has 490 valence electrons. The van der Waals surface area contributed by atoms with Gasteiger partial charge >= 0.3 is 5.97 Å². The number of carboxylic acid groups (broad SMARTS) is 1. The van der Waals surface area contributed by atoms with Crippen LogP contribution in [0, 0.1) is 103 Å². The van der Waals surface area contributed by atoms with Crippen LogP contribution in [0.4, 0.5) is 0 Å². The zero-order valence-corrected chi connectivity index (χ0v) is 56.8. The van der Waals surface area contributed by atoms with Crippen LogP contribution in [-0.4, -0.2) is 46.6 Å². The number of aliphatic hydroxyl groups excluding tert-OH is 2. The molecule has 6 nitrogen and oxygen atoms in total. The molecule has 0 saturated heterocycles. The van der Waals surface area contributed by atoms with E-state index in [0.29, 0.717) is 66.6 Å². The van der Waals surface area contributed by atoms with Crippen LogP contribution in [0.15, 0.2) is 156 Å². The summed E-state index contributed by atoms with van der Waals surface area (Å²) >= 11 is 0. The van der Waals surface area contributed by atoms with E-state index in [9.17, 15) is 15.3 Å². The molecule has 14 bridgehead atoms. The molecular weight excluding hydrogens is 1140 g/mol. The van der Waals surface area contributed by atoms with Gasteiger partial charge in [-0.25, -0.2) is 0 Å². The molecule has 0 amide bonds. The molecule has 6 aliphatic heterocycles. The minimum absolute atomic E-state index is 0.104. The van der Waals surface area contributed by atoms with Gasteiger partial charge in [0.2, 0.25) is 0 Å². The number of hydrogen-bond acceptors (Lipinski definition) is 5. The van der Waals surface area contributed by atoms with Crippen LogP contribution in [0.25, 0.3) is 17.2 Å². The number of carbonyl (C=O) groups is 1. The third-order valence-electron chi connectivity index (χ3n) is 30.8. The summed E-state index contributed by atoms with van der Waals surface area (Å²) in [6.45, 7) is 16.6. The van der Waals surface area contributed by atoms with E-state index >= 15 is 4.79 Å². The number of nitrogens with one attached hydrogen (secondary N) is 2. The van der Waals surface area contributed by atoms with Crippen LogP contribution >= 0.6 is 0 Å². The molecule has 6 saturated carbocycles. The fourth-order valence-corrected chi connectivity index (χ4v) is 27.2. The van der Waals surface area contributed by atoms with Gasteiger partial charge in [0, 0.05) is 46.1 Å². The van der Waals surface area contributed by atoms with Crippen molar-refractivity contribution in [2.24, 2.45) is 103 Å². The van der Waals surface area contributed by atoms with Crippen LogP contribution in [0.2, 0.25) is 0 Å². The summed E-state index contributed by atoms with van der Waals surface area (Å²) in [6, 6.07) is 30.4. The average Bonchev–Trinajstić information content (AvgIpc) is 1.61. The first-order valence-corrected chi connectivity index (χ1v) is 38.0. The van der Waals surface area contributed by atoms with Crippen molar-refractivity contribution >= 4 is 23.2 Å². The van der Waals surface area contributed by atoms with Crippen molar-refractivity contribution < 1.29 is 20.1 Å². The summed E-state index contributed by atoms with van der Waals surface area (Å²) in [5.41, 5.74) is 10.2. The van der Waals surface area contributed by atoms with E-state index < -0.39 is 40.3 Å². The highest BCUT2D eigenvalue weighted by atomic mass is 16.4. The standard InChI is InChI=1S/C87H108N2O4/c1-54(2)26-28-61-45-63-48-83(49-64(63)46-67(61)58-20-10-7-11-21-58)39-33-72-70(83)34-41-86-73(79(92)93)30-27-55(3)65(57-18-8-6-9-19-57)25-15-42-88-78-31-29-62(53-89-78)59-23-14-17-56(43-59)44-68-66-24-13-12-22-60(66)47-74-69(68)50-84-37-16-36-81(4)76(90)35-40-85(74,80(81)84)71-32-38-82(86,5)87(72,52-77(86)91)75(71)51-84/h7,10-14,16-17,20-24,29,31,34,37,41,43,47,50,54,57,61,63-65,67,70,72-74,76-77,80,88-91H,3,6,8-9,15,18-19,25-28,30,32-33,35-36,38-40,42,44-46,48-49,51-53H2,1-2,4-5H3,(H,92,93). The normalized spacial score (nSPS) is 42.9. The Labute approximate surface area is 556 Å².